The third-order valence-electron chi connectivity index (χ3n) is 5.33. The van der Waals surface area contributed by atoms with Crippen molar-refractivity contribution in [2.45, 2.75) is 52.7 Å². The number of hydrogen-bond acceptors (Lipinski definition) is 6. The van der Waals surface area contributed by atoms with Crippen LogP contribution in [0.5, 0.6) is 0 Å². The predicted molar refractivity (Wildman–Crippen MR) is 110 cm³/mol. The lowest BCUT2D eigenvalue weighted by molar-refractivity contribution is -0.118. The number of anilines is 1. The van der Waals surface area contributed by atoms with Crippen molar-refractivity contribution in [3.63, 3.8) is 0 Å². The maximum Gasteiger partial charge on any atom is 0.492 e. The molecule has 152 valence electrons. The molecule has 1 saturated heterocycles. The van der Waals surface area contributed by atoms with E-state index in [1.165, 1.54) is 14.0 Å². The smallest absolute Gasteiger partial charge is 0.465 e. The van der Waals surface area contributed by atoms with Gasteiger partial charge in [-0.3, -0.25) is 4.79 Å². The van der Waals surface area contributed by atoms with E-state index >= 15 is 0 Å². The van der Waals surface area contributed by atoms with Gasteiger partial charge in [-0.15, -0.1) is 0 Å². The van der Waals surface area contributed by atoms with E-state index in [9.17, 15) is 9.59 Å². The lowest BCUT2D eigenvalue weighted by Crippen LogP contribution is -2.41. The number of carbonyl (C=O) groups is 2. The van der Waals surface area contributed by atoms with E-state index in [1.807, 2.05) is 33.8 Å². The molecule has 8 heteroatoms. The Balaban J connectivity index is 2.47. The van der Waals surface area contributed by atoms with Crippen LogP contribution < -0.4 is 11.1 Å². The van der Waals surface area contributed by atoms with Gasteiger partial charge in [0.05, 0.1) is 23.9 Å². The molecule has 1 amide bonds. The van der Waals surface area contributed by atoms with Crippen molar-refractivity contribution >= 4 is 30.8 Å². The van der Waals surface area contributed by atoms with E-state index in [4.69, 9.17) is 19.8 Å². The largest absolute Gasteiger partial charge is 0.492 e. The van der Waals surface area contributed by atoms with Crippen molar-refractivity contribution in [3.05, 3.63) is 34.3 Å². The molecular formula is C20H29BN2O5. The zero-order valence-electron chi connectivity index (χ0n) is 17.6. The zero-order chi connectivity index (χ0) is 21.3. The van der Waals surface area contributed by atoms with Crippen LogP contribution in [0.15, 0.2) is 17.6 Å². The van der Waals surface area contributed by atoms with Gasteiger partial charge in [0.2, 0.25) is 5.91 Å². The van der Waals surface area contributed by atoms with Crippen LogP contribution in [0.4, 0.5) is 5.69 Å². The van der Waals surface area contributed by atoms with Gasteiger partial charge in [0.15, 0.2) is 0 Å². The van der Waals surface area contributed by atoms with Crippen molar-refractivity contribution in [1.82, 2.24) is 5.32 Å². The lowest BCUT2D eigenvalue weighted by atomic mass is 9.76. The molecule has 0 unspecified atom stereocenters. The molecule has 0 atom stereocenters. The molecular weight excluding hydrogens is 359 g/mol. The summed E-state index contributed by atoms with van der Waals surface area (Å²) in [5.74, 6) is -0.625. The van der Waals surface area contributed by atoms with Gasteiger partial charge in [-0.25, -0.2) is 4.79 Å². The molecule has 2 rings (SSSR count). The number of hydrogen-bond donors (Lipinski definition) is 2. The fourth-order valence-corrected chi connectivity index (χ4v) is 2.80. The number of nitrogens with two attached hydrogens (primary N) is 1. The SMILES string of the molecule is COC(=O)c1cc(C=C(CNC(C)=O)B2OC(C)(C)C(C)(C)O2)cc(N)c1C. The first-order valence-corrected chi connectivity index (χ1v) is 9.17. The van der Waals surface area contributed by atoms with E-state index in [1.54, 1.807) is 19.1 Å². The van der Waals surface area contributed by atoms with Crippen LogP contribution in [-0.4, -0.2) is 43.9 Å². The molecule has 3 N–H and O–H groups in total. The average molecular weight is 388 g/mol. The summed E-state index contributed by atoms with van der Waals surface area (Å²) in [6.45, 7) is 11.3. The van der Waals surface area contributed by atoms with Gasteiger partial charge >= 0.3 is 13.1 Å². The quantitative estimate of drug-likeness (QED) is 0.457. The van der Waals surface area contributed by atoms with Crippen LogP contribution in [0.3, 0.4) is 0 Å². The van der Waals surface area contributed by atoms with Crippen molar-refractivity contribution in [1.29, 1.82) is 0 Å². The maximum absolute atomic E-state index is 12.1. The minimum absolute atomic E-state index is 0.166. The number of ether oxygens (including phenoxy) is 1. The molecule has 1 aromatic carbocycles. The number of nitrogens with one attached hydrogen (secondary N) is 1. The Labute approximate surface area is 166 Å². The topological polar surface area (TPSA) is 99.9 Å². The fraction of sp³-hybridized carbons (Fsp3) is 0.500. The normalized spacial score (nSPS) is 18.1. The van der Waals surface area contributed by atoms with Crippen molar-refractivity contribution in [2.75, 3.05) is 19.4 Å². The van der Waals surface area contributed by atoms with Gasteiger partial charge in [-0.2, -0.15) is 0 Å². The number of esters is 1. The Morgan fingerprint density at radius 2 is 1.79 bits per heavy atom. The van der Waals surface area contributed by atoms with Crippen LogP contribution in [0, 0.1) is 6.92 Å². The van der Waals surface area contributed by atoms with Gasteiger partial charge in [0, 0.05) is 19.2 Å². The highest BCUT2D eigenvalue weighted by Crippen LogP contribution is 2.38. The first-order chi connectivity index (χ1) is 12.9. The summed E-state index contributed by atoms with van der Waals surface area (Å²) >= 11 is 0. The molecule has 0 spiro atoms. The molecule has 0 radical (unpaired) electrons. The minimum atomic E-state index is -0.638. The highest BCUT2D eigenvalue weighted by Gasteiger charge is 2.52. The Kier molecular flexibility index (Phi) is 6.26. The molecule has 1 aliphatic heterocycles. The van der Waals surface area contributed by atoms with E-state index in [2.05, 4.69) is 5.32 Å². The Morgan fingerprint density at radius 1 is 1.21 bits per heavy atom. The summed E-state index contributed by atoms with van der Waals surface area (Å²) in [4.78, 5) is 23.5. The van der Waals surface area contributed by atoms with Crippen molar-refractivity contribution < 1.29 is 23.6 Å². The molecule has 1 aliphatic rings. The Morgan fingerprint density at radius 3 is 2.29 bits per heavy atom. The second-order valence-corrected chi connectivity index (χ2v) is 7.99. The van der Waals surface area contributed by atoms with E-state index in [0.29, 0.717) is 27.9 Å². The highest BCUT2D eigenvalue weighted by atomic mass is 16.7. The second kappa shape index (κ2) is 7.97. The highest BCUT2D eigenvalue weighted by molar-refractivity contribution is 6.56. The van der Waals surface area contributed by atoms with Gasteiger partial charge in [0.1, 0.15) is 0 Å². The number of methoxy groups -OCH3 is 1. The summed E-state index contributed by atoms with van der Waals surface area (Å²) < 4.78 is 17.1. The number of benzene rings is 1. The molecule has 1 aromatic rings. The third kappa shape index (κ3) is 4.56. The van der Waals surface area contributed by atoms with E-state index in [0.717, 1.165) is 0 Å². The molecule has 7 nitrogen and oxygen atoms in total. The Hall–Kier alpha value is -2.32. The Bertz CT molecular complexity index is 801. The summed E-state index contributed by atoms with van der Waals surface area (Å²) in [6, 6.07) is 3.47. The van der Waals surface area contributed by atoms with E-state index in [-0.39, 0.29) is 12.5 Å². The monoisotopic (exact) mass is 388 g/mol. The van der Waals surface area contributed by atoms with Crippen LogP contribution in [0.25, 0.3) is 6.08 Å². The van der Waals surface area contributed by atoms with Gasteiger partial charge in [0.25, 0.3) is 0 Å². The molecule has 0 saturated carbocycles. The lowest BCUT2D eigenvalue weighted by Gasteiger charge is -2.32. The molecule has 0 aromatic heterocycles. The van der Waals surface area contributed by atoms with Crippen LogP contribution in [0.2, 0.25) is 0 Å². The van der Waals surface area contributed by atoms with Crippen molar-refractivity contribution in [2.24, 2.45) is 0 Å². The zero-order valence-corrected chi connectivity index (χ0v) is 17.6. The molecule has 0 aliphatic carbocycles. The summed E-state index contributed by atoms with van der Waals surface area (Å²) in [6.07, 6.45) is 1.82. The van der Waals surface area contributed by atoms with Crippen LogP contribution in [-0.2, 0) is 18.8 Å². The number of carbonyl (C=O) groups excluding carboxylic acids is 2. The number of amides is 1. The molecule has 1 heterocycles. The fourth-order valence-electron chi connectivity index (χ4n) is 2.80. The van der Waals surface area contributed by atoms with Crippen LogP contribution >= 0.6 is 0 Å². The van der Waals surface area contributed by atoms with Gasteiger partial charge < -0.3 is 25.1 Å². The van der Waals surface area contributed by atoms with Crippen LogP contribution in [0.1, 0.15) is 56.1 Å². The molecule has 28 heavy (non-hydrogen) atoms. The molecule has 0 bridgehead atoms. The third-order valence-corrected chi connectivity index (χ3v) is 5.33. The number of nitrogen functional groups attached to an aromatic ring is 1. The average Bonchev–Trinajstić information content (AvgIpc) is 2.81. The second-order valence-electron chi connectivity index (χ2n) is 7.99. The van der Waals surface area contributed by atoms with Gasteiger partial charge in [-0.1, -0.05) is 6.08 Å². The van der Waals surface area contributed by atoms with E-state index < -0.39 is 24.3 Å². The summed E-state index contributed by atoms with van der Waals surface area (Å²) in [7, 11) is 0.688. The first-order valence-electron chi connectivity index (χ1n) is 9.17. The maximum atomic E-state index is 12.1. The number of rotatable bonds is 5. The minimum Gasteiger partial charge on any atom is -0.465 e. The standard InChI is InChI=1S/C20H29BN2O5/c1-12-16(18(25)26-7)9-14(10-17(12)22)8-15(11-23-13(2)24)21-27-19(3,4)20(5,6)28-21/h8-10H,11,22H2,1-7H3,(H,23,24). The summed E-state index contributed by atoms with van der Waals surface area (Å²) in [5.41, 5.74) is 7.98. The van der Waals surface area contributed by atoms with Gasteiger partial charge in [-0.05, 0) is 63.4 Å². The predicted octanol–water partition coefficient (Wildman–Crippen LogP) is 2.51. The van der Waals surface area contributed by atoms with Crippen molar-refractivity contribution in [3.8, 4) is 0 Å². The summed E-state index contributed by atoms with van der Waals surface area (Å²) in [5, 5.41) is 2.78. The first kappa shape index (κ1) is 22.0. The molecule has 1 fully saturated rings.